The van der Waals surface area contributed by atoms with Crippen molar-refractivity contribution in [1.82, 2.24) is 0 Å². The van der Waals surface area contributed by atoms with E-state index in [1.54, 1.807) is 0 Å². The minimum atomic E-state index is -2.09. The summed E-state index contributed by atoms with van der Waals surface area (Å²) in [6.07, 6.45) is 11.1. The van der Waals surface area contributed by atoms with Crippen LogP contribution in [0.1, 0.15) is 127 Å². The topological polar surface area (TPSA) is 44.8 Å². The van der Waals surface area contributed by atoms with Crippen molar-refractivity contribution in [1.29, 1.82) is 0 Å². The van der Waals surface area contributed by atoms with Gasteiger partial charge in [0.2, 0.25) is 0 Å². The Kier molecular flexibility index (Phi) is 13.2. The highest BCUT2D eigenvalue weighted by molar-refractivity contribution is 6.74. The van der Waals surface area contributed by atoms with Crippen LogP contribution in [0.3, 0.4) is 0 Å². The van der Waals surface area contributed by atoms with Gasteiger partial charge in [0.25, 0.3) is 0 Å². The Balaban J connectivity index is 2.39. The molecule has 0 heterocycles. The Morgan fingerprint density at radius 2 is 1.41 bits per heavy atom. The second kappa shape index (κ2) is 14.4. The fourth-order valence-electron chi connectivity index (χ4n) is 8.93. The summed E-state index contributed by atoms with van der Waals surface area (Å²) in [4.78, 5) is 13.1. The van der Waals surface area contributed by atoms with Gasteiger partial charge in [-0.25, -0.2) is 0 Å². The molecule has 0 aromatic carbocycles. The van der Waals surface area contributed by atoms with Gasteiger partial charge in [0, 0.05) is 12.3 Å². The molecule has 260 valence electrons. The van der Waals surface area contributed by atoms with E-state index >= 15 is 0 Å². The van der Waals surface area contributed by atoms with E-state index < -0.39 is 25.0 Å². The first kappa shape index (κ1) is 40.4. The summed E-state index contributed by atoms with van der Waals surface area (Å²) in [5.41, 5.74) is -0.282. The van der Waals surface area contributed by atoms with E-state index in [4.69, 9.17) is 13.3 Å². The van der Waals surface area contributed by atoms with Gasteiger partial charge in [0.15, 0.2) is 25.0 Å². The molecule has 0 radical (unpaired) electrons. The van der Waals surface area contributed by atoms with Crippen molar-refractivity contribution in [3.05, 3.63) is 0 Å². The maximum absolute atomic E-state index is 13.1. The first-order chi connectivity index (χ1) is 19.6. The monoisotopic (exact) mass is 669 g/mol. The lowest BCUT2D eigenvalue weighted by Gasteiger charge is -2.49. The number of hydrogen-bond donors (Lipinski definition) is 0. The fourth-order valence-corrected chi connectivity index (χ4v) is 15.2. The molecule has 7 heteroatoms. The van der Waals surface area contributed by atoms with Gasteiger partial charge < -0.3 is 13.3 Å². The standard InChI is InChI=1S/C37H76O4Si3/c1-28(2)36(7,8)44(16,17)39-33(35(5,6)41-43(13,14)15)25-22-29(20-18-26-34(3,4)40-42(10,11)12)30-23-24-31-32(38)21-19-27-37(30,31)9/h28-31,33H,18-27H2,1-17H3/t29-,30-,31+,33-,37?/m1/s1. The van der Waals surface area contributed by atoms with E-state index in [2.05, 4.69) is 115 Å². The van der Waals surface area contributed by atoms with Gasteiger partial charge in [0.05, 0.1) is 17.3 Å². The molecule has 0 spiro atoms. The van der Waals surface area contributed by atoms with Crippen molar-refractivity contribution >= 4 is 30.7 Å². The van der Waals surface area contributed by atoms with Gasteiger partial charge in [-0.3, -0.25) is 4.79 Å². The van der Waals surface area contributed by atoms with Crippen LogP contribution in [0.15, 0.2) is 0 Å². The predicted octanol–water partition coefficient (Wildman–Crippen LogP) is 11.6. The molecule has 0 aromatic rings. The van der Waals surface area contributed by atoms with E-state index in [1.165, 1.54) is 25.7 Å². The van der Waals surface area contributed by atoms with Crippen molar-refractivity contribution in [3.8, 4) is 0 Å². The molecule has 0 bridgehead atoms. The van der Waals surface area contributed by atoms with Crippen LogP contribution < -0.4 is 0 Å². The first-order valence-corrected chi connectivity index (χ1v) is 28.0. The van der Waals surface area contributed by atoms with Crippen LogP contribution >= 0.6 is 0 Å². The van der Waals surface area contributed by atoms with Gasteiger partial charge in [-0.2, -0.15) is 0 Å². The van der Waals surface area contributed by atoms with Crippen molar-refractivity contribution < 1.29 is 18.1 Å². The molecule has 0 aliphatic heterocycles. The third kappa shape index (κ3) is 10.6. The van der Waals surface area contributed by atoms with E-state index in [0.29, 0.717) is 23.5 Å². The Hall–Kier alpha value is 0.201. The highest BCUT2D eigenvalue weighted by atomic mass is 28.4. The summed E-state index contributed by atoms with van der Waals surface area (Å²) in [7, 11) is -5.51. The normalized spacial score (nSPS) is 25.8. The SMILES string of the molecule is CC(C)C(C)(C)[Si](C)(C)O[C@H](CC[C@@H](CCCC(C)(C)O[Si](C)(C)C)[C@H]1CC[C@H]2C(=O)CCCC12C)C(C)(C)O[Si](C)(C)C. The highest BCUT2D eigenvalue weighted by Crippen LogP contribution is 2.58. The minimum Gasteiger partial charge on any atom is -0.413 e. The second-order valence-electron chi connectivity index (χ2n) is 19.6. The largest absolute Gasteiger partial charge is 0.413 e. The molecule has 0 amide bonds. The van der Waals surface area contributed by atoms with Crippen molar-refractivity contribution in [3.63, 3.8) is 0 Å². The van der Waals surface area contributed by atoms with Gasteiger partial charge in [-0.1, -0.05) is 47.5 Å². The van der Waals surface area contributed by atoms with Crippen LogP contribution in [0.25, 0.3) is 0 Å². The van der Waals surface area contributed by atoms with Gasteiger partial charge >= 0.3 is 0 Å². The second-order valence-corrected chi connectivity index (χ2v) is 33.0. The number of Topliss-reactive ketones (excluding diaryl/α,β-unsaturated/α-hetero) is 1. The molecule has 4 nitrogen and oxygen atoms in total. The van der Waals surface area contributed by atoms with E-state index in [-0.39, 0.29) is 33.7 Å². The van der Waals surface area contributed by atoms with Crippen LogP contribution in [-0.4, -0.2) is 48.0 Å². The highest BCUT2D eigenvalue weighted by Gasteiger charge is 2.53. The summed E-state index contributed by atoms with van der Waals surface area (Å²) in [6.45, 7) is 39.8. The van der Waals surface area contributed by atoms with E-state index in [1.807, 2.05) is 0 Å². The Morgan fingerprint density at radius 1 is 0.841 bits per heavy atom. The summed E-state index contributed by atoms with van der Waals surface area (Å²) >= 11 is 0. The summed E-state index contributed by atoms with van der Waals surface area (Å²) < 4.78 is 21.0. The van der Waals surface area contributed by atoms with Crippen LogP contribution in [0, 0.1) is 29.1 Å². The molecule has 1 unspecified atom stereocenters. The molecular weight excluding hydrogens is 593 g/mol. The number of hydrogen-bond acceptors (Lipinski definition) is 4. The fraction of sp³-hybridized carbons (Fsp3) is 0.973. The Bertz CT molecular complexity index is 943. The summed E-state index contributed by atoms with van der Waals surface area (Å²) in [5.74, 6) is 2.57. The zero-order chi connectivity index (χ0) is 34.2. The van der Waals surface area contributed by atoms with Gasteiger partial charge in [-0.05, 0) is 153 Å². The molecule has 2 aliphatic rings. The summed E-state index contributed by atoms with van der Waals surface area (Å²) in [6, 6.07) is 0. The molecular formula is C37H76O4Si3. The zero-order valence-corrected chi connectivity index (χ0v) is 35.6. The van der Waals surface area contributed by atoms with Crippen molar-refractivity contribution in [2.24, 2.45) is 29.1 Å². The molecule has 5 atom stereocenters. The number of carbonyl (C=O) groups excluding carboxylic acids is 1. The molecule has 2 aliphatic carbocycles. The smallest absolute Gasteiger partial charge is 0.193 e. The molecule has 0 aromatic heterocycles. The molecule has 2 rings (SSSR count). The van der Waals surface area contributed by atoms with Gasteiger partial charge in [-0.15, -0.1) is 0 Å². The number of carbonyl (C=O) groups is 1. The van der Waals surface area contributed by atoms with E-state index in [0.717, 1.165) is 38.5 Å². The summed E-state index contributed by atoms with van der Waals surface area (Å²) in [5, 5.41) is 0.149. The third-order valence-electron chi connectivity index (χ3n) is 12.0. The zero-order valence-electron chi connectivity index (χ0n) is 32.6. The maximum Gasteiger partial charge on any atom is 0.193 e. The average molecular weight is 669 g/mol. The molecule has 44 heavy (non-hydrogen) atoms. The number of rotatable bonds is 17. The molecule has 2 fully saturated rings. The number of ketones is 1. The lowest BCUT2D eigenvalue weighted by Crippen LogP contribution is -2.55. The number of fused-ring (bicyclic) bond motifs is 1. The van der Waals surface area contributed by atoms with Crippen LogP contribution in [0.5, 0.6) is 0 Å². The molecule has 0 N–H and O–H groups in total. The average Bonchev–Trinajstić information content (AvgIpc) is 3.14. The Labute approximate surface area is 278 Å². The predicted molar refractivity (Wildman–Crippen MR) is 198 cm³/mol. The quantitative estimate of drug-likeness (QED) is 0.145. The third-order valence-corrected chi connectivity index (χ3v) is 18.9. The first-order valence-electron chi connectivity index (χ1n) is 18.2. The van der Waals surface area contributed by atoms with Crippen LogP contribution in [-0.2, 0) is 18.1 Å². The van der Waals surface area contributed by atoms with Gasteiger partial charge in [0.1, 0.15) is 5.78 Å². The molecule has 2 saturated carbocycles. The van der Waals surface area contributed by atoms with Crippen LogP contribution in [0.4, 0.5) is 0 Å². The maximum atomic E-state index is 13.1. The minimum absolute atomic E-state index is 0.0566. The van der Waals surface area contributed by atoms with Crippen molar-refractivity contribution in [2.75, 3.05) is 0 Å². The Morgan fingerprint density at radius 3 is 1.93 bits per heavy atom. The van der Waals surface area contributed by atoms with Crippen LogP contribution in [0.2, 0.25) is 57.4 Å². The lowest BCUT2D eigenvalue weighted by molar-refractivity contribution is -0.130. The lowest BCUT2D eigenvalue weighted by atomic mass is 9.61. The molecule has 0 saturated heterocycles. The van der Waals surface area contributed by atoms with E-state index in [9.17, 15) is 4.79 Å². The van der Waals surface area contributed by atoms with Crippen molar-refractivity contribution in [2.45, 2.75) is 201 Å².